The summed E-state index contributed by atoms with van der Waals surface area (Å²) in [7, 11) is 0. The molecule has 1 aromatic heterocycles. The maximum Gasteiger partial charge on any atom is 0.230 e. The van der Waals surface area contributed by atoms with Gasteiger partial charge in [-0.1, -0.05) is 67.6 Å². The molecule has 1 aliphatic rings. The molecule has 1 fully saturated rings. The van der Waals surface area contributed by atoms with Crippen LogP contribution in [0.25, 0.3) is 0 Å². The molecule has 1 aliphatic carbocycles. The number of pyridine rings is 1. The van der Waals surface area contributed by atoms with E-state index >= 15 is 0 Å². The molecule has 4 rings (SSSR count). The molecule has 1 atom stereocenters. The fourth-order valence-electron chi connectivity index (χ4n) is 4.88. The van der Waals surface area contributed by atoms with Gasteiger partial charge in [0.25, 0.3) is 0 Å². The van der Waals surface area contributed by atoms with Crippen molar-refractivity contribution in [1.29, 1.82) is 0 Å². The lowest BCUT2D eigenvalue weighted by Crippen LogP contribution is -2.38. The summed E-state index contributed by atoms with van der Waals surface area (Å²) in [4.78, 5) is 20.2. The first-order valence-corrected chi connectivity index (χ1v) is 12.4. The van der Waals surface area contributed by atoms with Crippen molar-refractivity contribution in [3.8, 4) is 0 Å². The van der Waals surface area contributed by atoms with Crippen molar-refractivity contribution >= 4 is 42.2 Å². The lowest BCUT2D eigenvalue weighted by molar-refractivity contribution is -0.123. The molecule has 5 nitrogen and oxygen atoms in total. The third kappa shape index (κ3) is 7.95. The number of aromatic nitrogens is 1. The van der Waals surface area contributed by atoms with Crippen LogP contribution in [-0.2, 0) is 17.9 Å². The second-order valence-corrected chi connectivity index (χ2v) is 9.47. The van der Waals surface area contributed by atoms with Gasteiger partial charge in [0.1, 0.15) is 5.82 Å². The fourth-order valence-corrected chi connectivity index (χ4v) is 4.88. The summed E-state index contributed by atoms with van der Waals surface area (Å²) < 4.78 is 0. The summed E-state index contributed by atoms with van der Waals surface area (Å²) in [5.41, 5.74) is 9.09. The van der Waals surface area contributed by atoms with Crippen LogP contribution in [0, 0.1) is 17.8 Å². The fraction of sp³-hybridized carbons (Fsp3) is 0.379. The number of rotatable bonds is 9. The predicted molar refractivity (Wildman–Crippen MR) is 154 cm³/mol. The first kappa shape index (κ1) is 29.6. The Morgan fingerprint density at radius 1 is 0.972 bits per heavy atom. The smallest absolute Gasteiger partial charge is 0.230 e. The van der Waals surface area contributed by atoms with Gasteiger partial charge in [0.05, 0.1) is 6.54 Å². The molecule has 0 aliphatic heterocycles. The average molecular weight is 530 g/mol. The number of amides is 1. The van der Waals surface area contributed by atoms with Gasteiger partial charge in [0.2, 0.25) is 5.91 Å². The van der Waals surface area contributed by atoms with Gasteiger partial charge in [0.15, 0.2) is 0 Å². The predicted octanol–water partition coefficient (Wildman–Crippen LogP) is 6.47. The molecule has 1 saturated carbocycles. The summed E-state index contributed by atoms with van der Waals surface area (Å²) >= 11 is 0. The third-order valence-corrected chi connectivity index (χ3v) is 7.12. The molecule has 3 aromatic rings. The zero-order valence-corrected chi connectivity index (χ0v) is 22.5. The van der Waals surface area contributed by atoms with Crippen molar-refractivity contribution in [1.82, 2.24) is 4.98 Å². The van der Waals surface area contributed by atoms with Crippen LogP contribution >= 0.6 is 24.8 Å². The largest absolute Gasteiger partial charge is 0.366 e. The lowest BCUT2D eigenvalue weighted by atomic mass is 9.76. The minimum absolute atomic E-state index is 0. The molecule has 1 unspecified atom stereocenters. The summed E-state index contributed by atoms with van der Waals surface area (Å²) in [5, 5.41) is 3.40. The molecule has 7 heteroatoms. The van der Waals surface area contributed by atoms with Gasteiger partial charge in [-0.15, -0.1) is 24.8 Å². The summed E-state index contributed by atoms with van der Waals surface area (Å²) in [6.07, 6.45) is 5.81. The summed E-state index contributed by atoms with van der Waals surface area (Å²) in [5.74, 6) is 2.19. The SMILES string of the molecule is CC(CN)[C@H]1CC[C@H](C(=O)N(Cc2ccccc2)c2ccnc(NCc3ccccc3)c2)CC1.Cl.Cl. The number of nitrogens with one attached hydrogen (secondary N) is 1. The summed E-state index contributed by atoms with van der Waals surface area (Å²) in [6, 6.07) is 24.4. The molecule has 0 spiro atoms. The standard InChI is InChI=1S/C29H36N4O.2ClH/c1-22(19-30)25-12-14-26(15-13-25)29(34)33(21-24-10-6-3-7-11-24)27-16-17-31-28(18-27)32-20-23-8-4-2-5-9-23;;/h2-11,16-18,22,25-26H,12-15,19-21,30H2,1H3,(H,31,32);2*1H/t22?,25-,26-;;. The van der Waals surface area contributed by atoms with E-state index in [1.165, 1.54) is 5.56 Å². The van der Waals surface area contributed by atoms with Crippen LogP contribution < -0.4 is 16.0 Å². The van der Waals surface area contributed by atoms with Gasteiger partial charge in [-0.3, -0.25) is 4.79 Å². The topological polar surface area (TPSA) is 71.2 Å². The highest BCUT2D eigenvalue weighted by Crippen LogP contribution is 2.35. The Balaban J connectivity index is 0.00000228. The molecule has 0 bridgehead atoms. The van der Waals surface area contributed by atoms with Crippen LogP contribution in [0.1, 0.15) is 43.7 Å². The van der Waals surface area contributed by atoms with Gasteiger partial charge >= 0.3 is 0 Å². The molecular weight excluding hydrogens is 491 g/mol. The van der Waals surface area contributed by atoms with E-state index in [1.54, 1.807) is 6.20 Å². The van der Waals surface area contributed by atoms with Crippen LogP contribution in [0.4, 0.5) is 11.5 Å². The number of carbonyl (C=O) groups is 1. The zero-order chi connectivity index (χ0) is 23.8. The Morgan fingerprint density at radius 2 is 1.58 bits per heavy atom. The summed E-state index contributed by atoms with van der Waals surface area (Å²) in [6.45, 7) is 4.20. The Bertz CT molecular complexity index is 1040. The second-order valence-electron chi connectivity index (χ2n) is 9.47. The quantitative estimate of drug-likeness (QED) is 0.333. The van der Waals surface area contributed by atoms with E-state index in [0.29, 0.717) is 24.9 Å². The first-order chi connectivity index (χ1) is 16.6. The van der Waals surface area contributed by atoms with Crippen molar-refractivity contribution < 1.29 is 4.79 Å². The third-order valence-electron chi connectivity index (χ3n) is 7.12. The van der Waals surface area contributed by atoms with E-state index < -0.39 is 0 Å². The van der Waals surface area contributed by atoms with E-state index in [-0.39, 0.29) is 36.6 Å². The minimum Gasteiger partial charge on any atom is -0.366 e. The normalized spacial score (nSPS) is 17.7. The number of carbonyl (C=O) groups excluding carboxylic acids is 1. The number of anilines is 2. The molecule has 1 amide bonds. The van der Waals surface area contributed by atoms with Crippen molar-refractivity contribution in [2.75, 3.05) is 16.8 Å². The van der Waals surface area contributed by atoms with Crippen molar-refractivity contribution in [2.45, 2.75) is 45.7 Å². The number of hydrogen-bond acceptors (Lipinski definition) is 4. The Hall–Kier alpha value is -2.60. The van der Waals surface area contributed by atoms with E-state index in [2.05, 4.69) is 41.5 Å². The Kier molecular flexibility index (Phi) is 12.2. The van der Waals surface area contributed by atoms with Crippen molar-refractivity contribution in [3.05, 3.63) is 90.1 Å². The van der Waals surface area contributed by atoms with Gasteiger partial charge in [0, 0.05) is 30.4 Å². The molecule has 0 saturated heterocycles. The number of nitrogens with two attached hydrogens (primary N) is 1. The van der Waals surface area contributed by atoms with Crippen LogP contribution in [0.2, 0.25) is 0 Å². The van der Waals surface area contributed by atoms with Crippen LogP contribution in [0.5, 0.6) is 0 Å². The first-order valence-electron chi connectivity index (χ1n) is 12.4. The van der Waals surface area contributed by atoms with Crippen molar-refractivity contribution in [3.63, 3.8) is 0 Å². The monoisotopic (exact) mass is 528 g/mol. The molecular formula is C29H38Cl2N4O. The molecule has 1 heterocycles. The number of hydrogen-bond donors (Lipinski definition) is 2. The maximum absolute atomic E-state index is 13.8. The van der Waals surface area contributed by atoms with Gasteiger partial charge in [-0.2, -0.15) is 0 Å². The Morgan fingerprint density at radius 3 is 2.19 bits per heavy atom. The second kappa shape index (κ2) is 14.8. The molecule has 0 radical (unpaired) electrons. The molecule has 194 valence electrons. The average Bonchev–Trinajstić information content (AvgIpc) is 2.91. The van der Waals surface area contributed by atoms with E-state index in [0.717, 1.165) is 49.3 Å². The van der Waals surface area contributed by atoms with Crippen LogP contribution in [-0.4, -0.2) is 17.4 Å². The Labute approximate surface area is 227 Å². The highest BCUT2D eigenvalue weighted by Gasteiger charge is 2.32. The number of benzene rings is 2. The molecule has 3 N–H and O–H groups in total. The molecule has 2 aromatic carbocycles. The highest BCUT2D eigenvalue weighted by molar-refractivity contribution is 5.95. The number of halogens is 2. The van der Waals surface area contributed by atoms with E-state index in [4.69, 9.17) is 5.73 Å². The van der Waals surface area contributed by atoms with E-state index in [1.807, 2.05) is 53.4 Å². The molecule has 36 heavy (non-hydrogen) atoms. The maximum atomic E-state index is 13.8. The lowest BCUT2D eigenvalue weighted by Gasteiger charge is -2.34. The van der Waals surface area contributed by atoms with Gasteiger partial charge < -0.3 is 16.0 Å². The number of nitrogens with zero attached hydrogens (tertiary/aromatic N) is 2. The highest BCUT2D eigenvalue weighted by atomic mass is 35.5. The van der Waals surface area contributed by atoms with E-state index in [9.17, 15) is 4.79 Å². The van der Waals surface area contributed by atoms with Crippen molar-refractivity contribution in [2.24, 2.45) is 23.5 Å². The van der Waals surface area contributed by atoms with Gasteiger partial charge in [-0.05, 0) is 61.3 Å². The van der Waals surface area contributed by atoms with Crippen LogP contribution in [0.3, 0.4) is 0 Å². The zero-order valence-electron chi connectivity index (χ0n) is 20.9. The minimum atomic E-state index is 0. The van der Waals surface area contributed by atoms with Gasteiger partial charge in [-0.25, -0.2) is 4.98 Å². The van der Waals surface area contributed by atoms with Crippen LogP contribution in [0.15, 0.2) is 79.0 Å².